The van der Waals surface area contributed by atoms with Crippen LogP contribution in [0.4, 0.5) is 0 Å². The molecule has 0 aromatic heterocycles. The van der Waals surface area contributed by atoms with Gasteiger partial charge in [0.1, 0.15) is 25.1 Å². The van der Waals surface area contributed by atoms with Gasteiger partial charge >= 0.3 is 0 Å². The number of nitrogens with one attached hydrogen (secondary N) is 1. The molecule has 39 heavy (non-hydrogen) atoms. The van der Waals surface area contributed by atoms with Crippen molar-refractivity contribution in [2.45, 2.75) is 76.2 Å². The van der Waals surface area contributed by atoms with Gasteiger partial charge in [-0.25, -0.2) is 0 Å². The first-order valence-electron chi connectivity index (χ1n) is 13.5. The molecule has 3 atom stereocenters. The predicted octanol–water partition coefficient (Wildman–Crippen LogP) is 2.62. The summed E-state index contributed by atoms with van der Waals surface area (Å²) in [5.41, 5.74) is 0.761. The Labute approximate surface area is 243 Å². The summed E-state index contributed by atoms with van der Waals surface area (Å²) in [6.45, 7) is 1.94. The van der Waals surface area contributed by atoms with Crippen LogP contribution in [-0.2, 0) is 14.3 Å². The topological polar surface area (TPSA) is 135 Å². The van der Waals surface area contributed by atoms with E-state index in [1.165, 1.54) is 7.11 Å². The average Bonchev–Trinajstić information content (AvgIpc) is 3.22. The van der Waals surface area contributed by atoms with E-state index < -0.39 is 24.2 Å². The fourth-order valence-electron chi connectivity index (χ4n) is 5.27. The lowest BCUT2D eigenvalue weighted by molar-refractivity contribution is -0.147. The number of rotatable bonds is 12. The van der Waals surface area contributed by atoms with E-state index in [1.807, 2.05) is 29.5 Å². The van der Waals surface area contributed by atoms with Crippen LogP contribution in [0.3, 0.4) is 0 Å². The van der Waals surface area contributed by atoms with E-state index in [4.69, 9.17) is 14.2 Å². The summed E-state index contributed by atoms with van der Waals surface area (Å²) in [4.78, 5) is 39.7. The van der Waals surface area contributed by atoms with Crippen molar-refractivity contribution in [1.82, 2.24) is 10.2 Å². The molecule has 3 rings (SSSR count). The monoisotopic (exact) mass is 658 g/mol. The molecule has 2 aliphatic carbocycles. The number of aliphatic hydroxyl groups excluding tert-OH is 2. The van der Waals surface area contributed by atoms with Crippen molar-refractivity contribution in [3.8, 4) is 11.5 Å². The molecule has 10 nitrogen and oxygen atoms in total. The summed E-state index contributed by atoms with van der Waals surface area (Å²) in [5.74, 6) is 0.00382. The zero-order chi connectivity index (χ0) is 28.4. The summed E-state index contributed by atoms with van der Waals surface area (Å²) >= 11 is 2.03. The lowest BCUT2D eigenvalue weighted by Gasteiger charge is -2.44. The first kappa shape index (κ1) is 31.3. The Balaban J connectivity index is 2.02. The number of carbonyl (C=O) groups is 3. The second-order valence-electron chi connectivity index (χ2n) is 9.75. The highest BCUT2D eigenvalue weighted by Gasteiger charge is 2.43. The standard InChI is InChI=1S/C28H39IN2O8/c1-3-38-17-25(34)31(20-8-6-4-5-7-9-20)22-14-19(28(36)30-10-11-32)15-23(26(22)35)39-27-21(29)12-18(16-33)13-24(27)37-2/h12-13,15-16,20,22-23,26,32,35H,3-11,14,17H2,1-2H3,(H,30,36)/t22-,23+,26+/m1/s1. The van der Waals surface area contributed by atoms with E-state index >= 15 is 0 Å². The van der Waals surface area contributed by atoms with Crippen molar-refractivity contribution in [3.05, 3.63) is 32.9 Å². The number of hydrogen-bond acceptors (Lipinski definition) is 8. The number of carbonyl (C=O) groups excluding carboxylic acids is 3. The molecule has 2 aliphatic rings. The summed E-state index contributed by atoms with van der Waals surface area (Å²) < 4.78 is 17.8. The van der Waals surface area contributed by atoms with Gasteiger partial charge in [-0.05, 0) is 60.6 Å². The van der Waals surface area contributed by atoms with Gasteiger partial charge in [0.15, 0.2) is 11.5 Å². The third-order valence-electron chi connectivity index (χ3n) is 7.15. The largest absolute Gasteiger partial charge is 0.493 e. The summed E-state index contributed by atoms with van der Waals surface area (Å²) in [6, 6.07) is 2.35. The van der Waals surface area contributed by atoms with Crippen LogP contribution in [0, 0.1) is 3.57 Å². The van der Waals surface area contributed by atoms with Gasteiger partial charge in [-0.15, -0.1) is 0 Å². The number of aldehydes is 1. The predicted molar refractivity (Wildman–Crippen MR) is 153 cm³/mol. The molecular formula is C28H39IN2O8. The van der Waals surface area contributed by atoms with Gasteiger partial charge in [-0.1, -0.05) is 25.7 Å². The number of ether oxygens (including phenoxy) is 3. The van der Waals surface area contributed by atoms with E-state index in [-0.39, 0.29) is 38.1 Å². The molecule has 1 fully saturated rings. The molecule has 0 radical (unpaired) electrons. The molecule has 1 aromatic rings. The van der Waals surface area contributed by atoms with Crippen molar-refractivity contribution in [3.63, 3.8) is 0 Å². The van der Waals surface area contributed by atoms with Crippen LogP contribution in [-0.4, -0.2) is 91.0 Å². The SMILES string of the molecule is CCOCC(=O)N(C1CCCCCC1)[C@@H]1CC(C(=O)NCCO)=C[C@H](Oc2c(I)cc(C=O)cc2OC)[C@H]1O. The second-order valence-corrected chi connectivity index (χ2v) is 10.9. The van der Waals surface area contributed by atoms with E-state index in [0.717, 1.165) is 38.5 Å². The summed E-state index contributed by atoms with van der Waals surface area (Å²) in [6.07, 6.45) is 6.00. The smallest absolute Gasteiger partial charge is 0.249 e. The van der Waals surface area contributed by atoms with Crippen molar-refractivity contribution in [1.29, 1.82) is 0 Å². The molecule has 1 aromatic carbocycles. The van der Waals surface area contributed by atoms with Crippen molar-refractivity contribution >= 4 is 40.7 Å². The van der Waals surface area contributed by atoms with Crippen molar-refractivity contribution in [2.24, 2.45) is 0 Å². The molecule has 0 spiro atoms. The fourth-order valence-corrected chi connectivity index (χ4v) is 6.02. The summed E-state index contributed by atoms with van der Waals surface area (Å²) in [5, 5.41) is 23.6. The van der Waals surface area contributed by atoms with Gasteiger partial charge in [0.2, 0.25) is 11.8 Å². The molecule has 0 bridgehead atoms. The zero-order valence-electron chi connectivity index (χ0n) is 22.6. The molecule has 0 aliphatic heterocycles. The second kappa shape index (κ2) is 15.5. The Kier molecular flexibility index (Phi) is 12.5. The van der Waals surface area contributed by atoms with Crippen LogP contribution in [0.1, 0.15) is 62.2 Å². The third-order valence-corrected chi connectivity index (χ3v) is 7.95. The van der Waals surface area contributed by atoms with E-state index in [2.05, 4.69) is 5.32 Å². The van der Waals surface area contributed by atoms with Gasteiger partial charge < -0.3 is 34.6 Å². The molecular weight excluding hydrogens is 619 g/mol. The minimum Gasteiger partial charge on any atom is -0.493 e. The first-order valence-corrected chi connectivity index (χ1v) is 14.6. The number of amides is 2. The number of aliphatic hydroxyl groups is 2. The van der Waals surface area contributed by atoms with Gasteiger partial charge in [-0.2, -0.15) is 0 Å². The normalized spacial score (nSPS) is 21.9. The lowest BCUT2D eigenvalue weighted by Crippen LogP contribution is -2.58. The van der Waals surface area contributed by atoms with E-state index in [9.17, 15) is 24.6 Å². The van der Waals surface area contributed by atoms with Crippen LogP contribution in [0.5, 0.6) is 11.5 Å². The average molecular weight is 659 g/mol. The number of nitrogens with zero attached hydrogens (tertiary/aromatic N) is 1. The molecule has 1 saturated carbocycles. The minimum absolute atomic E-state index is 0.0728. The van der Waals surface area contributed by atoms with Gasteiger partial charge in [0, 0.05) is 36.8 Å². The number of benzene rings is 1. The Bertz CT molecular complexity index is 1030. The van der Waals surface area contributed by atoms with Crippen LogP contribution in [0.25, 0.3) is 0 Å². The lowest BCUT2D eigenvalue weighted by atomic mass is 9.86. The van der Waals surface area contributed by atoms with Gasteiger partial charge in [-0.3, -0.25) is 14.4 Å². The zero-order valence-corrected chi connectivity index (χ0v) is 24.7. The van der Waals surface area contributed by atoms with E-state index in [0.29, 0.717) is 39.1 Å². The quantitative estimate of drug-likeness (QED) is 0.177. The number of hydrogen-bond donors (Lipinski definition) is 3. The Hall–Kier alpha value is -2.22. The number of halogens is 1. The third kappa shape index (κ3) is 8.15. The van der Waals surface area contributed by atoms with Crippen LogP contribution in [0.2, 0.25) is 0 Å². The maximum Gasteiger partial charge on any atom is 0.249 e. The first-order chi connectivity index (χ1) is 18.8. The Morgan fingerprint density at radius 2 is 1.92 bits per heavy atom. The van der Waals surface area contributed by atoms with Crippen LogP contribution in [0.15, 0.2) is 23.8 Å². The highest BCUT2D eigenvalue weighted by atomic mass is 127. The Morgan fingerprint density at radius 1 is 1.21 bits per heavy atom. The highest BCUT2D eigenvalue weighted by Crippen LogP contribution is 2.37. The maximum absolute atomic E-state index is 13.5. The molecule has 3 N–H and O–H groups in total. The van der Waals surface area contributed by atoms with Gasteiger partial charge in [0.25, 0.3) is 0 Å². The molecule has 0 unspecified atom stereocenters. The molecule has 216 valence electrons. The minimum atomic E-state index is -1.15. The van der Waals surface area contributed by atoms with Crippen LogP contribution >= 0.6 is 22.6 Å². The van der Waals surface area contributed by atoms with Crippen molar-refractivity contribution < 1.29 is 38.8 Å². The summed E-state index contributed by atoms with van der Waals surface area (Å²) in [7, 11) is 1.46. The molecule has 2 amide bonds. The molecule has 11 heteroatoms. The Morgan fingerprint density at radius 3 is 2.54 bits per heavy atom. The molecule has 0 heterocycles. The fraction of sp³-hybridized carbons (Fsp3) is 0.607. The maximum atomic E-state index is 13.5. The van der Waals surface area contributed by atoms with Crippen LogP contribution < -0.4 is 14.8 Å². The highest BCUT2D eigenvalue weighted by molar-refractivity contribution is 14.1. The molecule has 0 saturated heterocycles. The van der Waals surface area contributed by atoms with Crippen molar-refractivity contribution in [2.75, 3.05) is 33.5 Å². The van der Waals surface area contributed by atoms with E-state index in [1.54, 1.807) is 23.1 Å². The number of methoxy groups -OCH3 is 1. The van der Waals surface area contributed by atoms with Gasteiger partial charge in [0.05, 0.1) is 23.3 Å².